The molecule has 0 aromatic heterocycles. The van der Waals surface area contributed by atoms with Crippen molar-refractivity contribution in [2.45, 2.75) is 36.6 Å². The van der Waals surface area contributed by atoms with Gasteiger partial charge in [0.2, 0.25) is 0 Å². The van der Waals surface area contributed by atoms with Crippen LogP contribution < -0.4 is 5.32 Å². The molecule has 3 rings (SSSR count). The van der Waals surface area contributed by atoms with E-state index in [-0.39, 0.29) is 24.0 Å². The summed E-state index contributed by atoms with van der Waals surface area (Å²) in [5, 5.41) is 14.8. The van der Waals surface area contributed by atoms with Crippen LogP contribution in [-0.2, 0) is 0 Å². The zero-order chi connectivity index (χ0) is 17.1. The molecule has 0 radical (unpaired) electrons. The number of nitro groups is 1. The molecule has 0 unspecified atom stereocenters. The van der Waals surface area contributed by atoms with E-state index in [0.717, 1.165) is 25.3 Å². The van der Waals surface area contributed by atoms with Crippen molar-refractivity contribution in [1.82, 2.24) is 10.2 Å². The van der Waals surface area contributed by atoms with Crippen LogP contribution in [0.1, 0.15) is 36.0 Å². The summed E-state index contributed by atoms with van der Waals surface area (Å²) >= 11 is 1.32. The number of likely N-dealkylation sites (tertiary alicyclic amines) is 1. The predicted octanol–water partition coefficient (Wildman–Crippen LogP) is 3.34. The second-order valence-electron chi connectivity index (χ2n) is 6.56. The van der Waals surface area contributed by atoms with Gasteiger partial charge < -0.3 is 10.2 Å². The summed E-state index contributed by atoms with van der Waals surface area (Å²) in [6.45, 7) is 2.51. The number of rotatable bonds is 6. The van der Waals surface area contributed by atoms with Crippen LogP contribution in [0.15, 0.2) is 23.1 Å². The molecule has 6 nitrogen and oxygen atoms in total. The second kappa shape index (κ2) is 8.87. The Labute approximate surface area is 158 Å². The number of nitrogens with one attached hydrogen (secondary N) is 1. The van der Waals surface area contributed by atoms with Gasteiger partial charge in [-0.15, -0.1) is 24.2 Å². The fraction of sp³-hybridized carbons (Fsp3) is 0.588. The topological polar surface area (TPSA) is 75.5 Å². The first kappa shape index (κ1) is 20.0. The van der Waals surface area contributed by atoms with Crippen molar-refractivity contribution in [3.8, 4) is 0 Å². The molecule has 0 atom stereocenters. The number of carbonyl (C=O) groups excluding carboxylic acids is 1. The molecule has 0 bridgehead atoms. The van der Waals surface area contributed by atoms with Crippen LogP contribution >= 0.6 is 24.2 Å². The lowest BCUT2D eigenvalue weighted by molar-refractivity contribution is -0.387. The van der Waals surface area contributed by atoms with E-state index < -0.39 is 4.92 Å². The van der Waals surface area contributed by atoms with Crippen LogP contribution in [0.2, 0.25) is 0 Å². The Hall–Kier alpha value is -1.31. The highest BCUT2D eigenvalue weighted by Crippen LogP contribution is 2.30. The quantitative estimate of drug-likeness (QED) is 0.461. The maximum absolute atomic E-state index is 12.6. The molecule has 1 aliphatic heterocycles. The predicted molar refractivity (Wildman–Crippen MR) is 102 cm³/mol. The maximum Gasteiger partial charge on any atom is 0.283 e. The smallest absolute Gasteiger partial charge is 0.283 e. The minimum Gasteiger partial charge on any atom is -0.339 e. The Morgan fingerprint density at radius 3 is 2.56 bits per heavy atom. The van der Waals surface area contributed by atoms with Crippen molar-refractivity contribution < 1.29 is 9.72 Å². The zero-order valence-corrected chi connectivity index (χ0v) is 15.9. The minimum absolute atomic E-state index is 0. The molecule has 1 saturated heterocycles. The second-order valence-corrected chi connectivity index (χ2v) is 7.41. The van der Waals surface area contributed by atoms with Gasteiger partial charge in [-0.3, -0.25) is 14.9 Å². The van der Waals surface area contributed by atoms with Gasteiger partial charge in [-0.25, -0.2) is 0 Å². The van der Waals surface area contributed by atoms with Crippen LogP contribution in [0.3, 0.4) is 0 Å². The lowest BCUT2D eigenvalue weighted by Gasteiger charge is -2.32. The van der Waals surface area contributed by atoms with E-state index in [9.17, 15) is 14.9 Å². The number of piperidine rings is 1. The van der Waals surface area contributed by atoms with E-state index >= 15 is 0 Å². The van der Waals surface area contributed by atoms with E-state index in [4.69, 9.17) is 0 Å². The fourth-order valence-corrected chi connectivity index (χ4v) is 3.64. The van der Waals surface area contributed by atoms with Crippen LogP contribution in [0.5, 0.6) is 0 Å². The van der Waals surface area contributed by atoms with Crippen LogP contribution in [-0.4, -0.2) is 47.7 Å². The summed E-state index contributed by atoms with van der Waals surface area (Å²) < 4.78 is 0. The van der Waals surface area contributed by atoms with Crippen molar-refractivity contribution in [3.63, 3.8) is 0 Å². The Morgan fingerprint density at radius 1 is 1.32 bits per heavy atom. The van der Waals surface area contributed by atoms with Gasteiger partial charge in [0.25, 0.3) is 11.6 Å². The SMILES string of the molecule is CSc1ccc(C(=O)N2CCC(NCC3CC3)CC2)cc1[N+](=O)[O-].Cl. The third-order valence-corrected chi connectivity index (χ3v) is 5.58. The van der Waals surface area contributed by atoms with Crippen molar-refractivity contribution >= 4 is 35.8 Å². The normalized spacial score (nSPS) is 17.9. The highest BCUT2D eigenvalue weighted by Gasteiger charge is 2.27. The summed E-state index contributed by atoms with van der Waals surface area (Å²) in [6, 6.07) is 5.26. The summed E-state index contributed by atoms with van der Waals surface area (Å²) in [4.78, 5) is 25.8. The first-order valence-electron chi connectivity index (χ1n) is 8.43. The van der Waals surface area contributed by atoms with E-state index in [1.165, 1.54) is 30.7 Å². The van der Waals surface area contributed by atoms with Gasteiger partial charge >= 0.3 is 0 Å². The summed E-state index contributed by atoms with van der Waals surface area (Å²) in [7, 11) is 0. The van der Waals surface area contributed by atoms with Gasteiger partial charge in [-0.1, -0.05) is 0 Å². The molecule has 1 heterocycles. The third-order valence-electron chi connectivity index (χ3n) is 4.80. The van der Waals surface area contributed by atoms with Gasteiger partial charge in [0.15, 0.2) is 0 Å². The number of carbonyl (C=O) groups is 1. The first-order chi connectivity index (χ1) is 11.6. The van der Waals surface area contributed by atoms with Crippen LogP contribution in [0.25, 0.3) is 0 Å². The largest absolute Gasteiger partial charge is 0.339 e. The zero-order valence-electron chi connectivity index (χ0n) is 14.3. The standard InChI is InChI=1S/C17H23N3O3S.ClH/c1-24-16-5-4-13(10-15(16)20(22)23)17(21)19-8-6-14(7-9-19)18-11-12-2-3-12;/h4-5,10,12,14,18H,2-3,6-9,11H2,1H3;1H. The number of amides is 1. The molecule has 1 amide bonds. The first-order valence-corrected chi connectivity index (χ1v) is 9.66. The summed E-state index contributed by atoms with van der Waals surface area (Å²) in [6.07, 6.45) is 6.38. The molecule has 138 valence electrons. The Kier molecular flexibility index (Phi) is 7.10. The Morgan fingerprint density at radius 2 is 2.00 bits per heavy atom. The number of halogens is 1. The lowest BCUT2D eigenvalue weighted by Crippen LogP contribution is -2.45. The molecular weight excluding hydrogens is 362 g/mol. The molecule has 8 heteroatoms. The number of benzene rings is 1. The monoisotopic (exact) mass is 385 g/mol. The minimum atomic E-state index is -0.420. The van der Waals surface area contributed by atoms with Crippen molar-refractivity contribution in [1.29, 1.82) is 0 Å². The van der Waals surface area contributed by atoms with Crippen molar-refractivity contribution in [3.05, 3.63) is 33.9 Å². The molecular formula is C17H24ClN3O3S. The van der Waals surface area contributed by atoms with Gasteiger partial charge in [0, 0.05) is 30.8 Å². The highest BCUT2D eigenvalue weighted by molar-refractivity contribution is 7.98. The number of hydrogen-bond acceptors (Lipinski definition) is 5. The number of hydrogen-bond donors (Lipinski definition) is 1. The highest BCUT2D eigenvalue weighted by atomic mass is 35.5. The average Bonchev–Trinajstić information content (AvgIpc) is 3.43. The Balaban J connectivity index is 0.00000225. The maximum atomic E-state index is 12.6. The summed E-state index contributed by atoms with van der Waals surface area (Å²) in [5.74, 6) is 0.756. The van der Waals surface area contributed by atoms with Gasteiger partial charge in [-0.2, -0.15) is 0 Å². The number of nitrogens with zero attached hydrogens (tertiary/aromatic N) is 2. The Bertz CT molecular complexity index is 632. The van der Waals surface area contributed by atoms with Crippen LogP contribution in [0, 0.1) is 16.0 Å². The number of nitro benzene ring substituents is 1. The average molecular weight is 386 g/mol. The van der Waals surface area contributed by atoms with Gasteiger partial charge in [0.1, 0.15) is 0 Å². The number of thioether (sulfide) groups is 1. The summed E-state index contributed by atoms with van der Waals surface area (Å²) in [5.41, 5.74) is 0.415. The molecule has 1 aromatic rings. The third kappa shape index (κ3) is 5.09. The van der Waals surface area contributed by atoms with Gasteiger partial charge in [-0.05, 0) is 56.5 Å². The lowest BCUT2D eigenvalue weighted by atomic mass is 10.0. The van der Waals surface area contributed by atoms with E-state index in [0.29, 0.717) is 29.6 Å². The molecule has 1 N–H and O–H groups in total. The van der Waals surface area contributed by atoms with Crippen molar-refractivity contribution in [2.75, 3.05) is 25.9 Å². The van der Waals surface area contributed by atoms with Crippen LogP contribution in [0.4, 0.5) is 5.69 Å². The molecule has 2 fully saturated rings. The molecule has 0 spiro atoms. The molecule has 1 aromatic carbocycles. The fourth-order valence-electron chi connectivity index (χ4n) is 3.09. The van der Waals surface area contributed by atoms with E-state index in [1.54, 1.807) is 18.4 Å². The van der Waals surface area contributed by atoms with Gasteiger partial charge in [0.05, 0.1) is 9.82 Å². The molecule has 2 aliphatic rings. The molecule has 1 aliphatic carbocycles. The van der Waals surface area contributed by atoms with Crippen molar-refractivity contribution in [2.24, 2.45) is 5.92 Å². The molecule has 25 heavy (non-hydrogen) atoms. The molecule has 1 saturated carbocycles. The van der Waals surface area contributed by atoms with E-state index in [2.05, 4.69) is 5.32 Å². The van der Waals surface area contributed by atoms with E-state index in [1.807, 2.05) is 4.90 Å².